The minimum absolute atomic E-state index is 0.0591. The van der Waals surface area contributed by atoms with Crippen LogP contribution in [0.5, 0.6) is 17.2 Å². The Bertz CT molecular complexity index is 700. The Balaban J connectivity index is 2.25. The van der Waals surface area contributed by atoms with E-state index < -0.39 is 22.2 Å². The molecular formula is C14H14N2O5. The zero-order chi connectivity index (χ0) is 15.6. The molecule has 4 N–H and O–H groups in total. The first-order chi connectivity index (χ1) is 9.90. The standard InChI is InChI=1S/C14H14N2O5/c1-8-2-4-10(11(6-8)16(20)21)15-7-9-3-5-12(17)14(19)13(9)18/h2-6,15,17-19H,7H2,1H3. The van der Waals surface area contributed by atoms with Crippen molar-refractivity contribution in [1.29, 1.82) is 0 Å². The minimum Gasteiger partial charge on any atom is -0.504 e. The largest absolute Gasteiger partial charge is 0.504 e. The summed E-state index contributed by atoms with van der Waals surface area (Å²) in [6.45, 7) is 1.81. The number of nitrogens with zero attached hydrogens (tertiary/aromatic N) is 1. The van der Waals surface area contributed by atoms with Crippen LogP contribution in [0.15, 0.2) is 30.3 Å². The van der Waals surface area contributed by atoms with Gasteiger partial charge in [-0.3, -0.25) is 10.1 Å². The number of aromatic hydroxyl groups is 3. The number of benzene rings is 2. The second-order valence-electron chi connectivity index (χ2n) is 4.57. The SMILES string of the molecule is Cc1ccc(NCc2ccc(O)c(O)c2O)c([N+](=O)[O-])c1. The molecule has 7 nitrogen and oxygen atoms in total. The lowest BCUT2D eigenvalue weighted by Gasteiger charge is -2.10. The number of phenols is 3. The first-order valence-electron chi connectivity index (χ1n) is 6.12. The third-order valence-electron chi connectivity index (χ3n) is 3.03. The van der Waals surface area contributed by atoms with Crippen molar-refractivity contribution in [2.24, 2.45) is 0 Å². The van der Waals surface area contributed by atoms with Crippen LogP contribution >= 0.6 is 0 Å². The Morgan fingerprint density at radius 2 is 1.86 bits per heavy atom. The fraction of sp³-hybridized carbons (Fsp3) is 0.143. The monoisotopic (exact) mass is 290 g/mol. The van der Waals surface area contributed by atoms with Crippen molar-refractivity contribution in [3.8, 4) is 17.2 Å². The van der Waals surface area contributed by atoms with Gasteiger partial charge in [0, 0.05) is 18.2 Å². The molecule has 0 atom stereocenters. The highest BCUT2D eigenvalue weighted by Crippen LogP contribution is 2.37. The summed E-state index contributed by atoms with van der Waals surface area (Å²) in [6.07, 6.45) is 0. The first-order valence-corrected chi connectivity index (χ1v) is 6.12. The van der Waals surface area contributed by atoms with E-state index in [2.05, 4.69) is 5.32 Å². The molecule has 0 aliphatic rings. The maximum absolute atomic E-state index is 11.0. The van der Waals surface area contributed by atoms with E-state index in [1.54, 1.807) is 19.1 Å². The van der Waals surface area contributed by atoms with Gasteiger partial charge in [0.15, 0.2) is 11.5 Å². The maximum Gasteiger partial charge on any atom is 0.292 e. The summed E-state index contributed by atoms with van der Waals surface area (Å²) < 4.78 is 0. The van der Waals surface area contributed by atoms with Gasteiger partial charge in [-0.25, -0.2) is 0 Å². The molecule has 0 heterocycles. The van der Waals surface area contributed by atoms with Crippen LogP contribution < -0.4 is 5.32 Å². The molecule has 0 amide bonds. The molecule has 2 aromatic carbocycles. The normalized spacial score (nSPS) is 10.3. The number of nitro groups is 1. The summed E-state index contributed by atoms with van der Waals surface area (Å²) in [5.74, 6) is -1.51. The highest BCUT2D eigenvalue weighted by molar-refractivity contribution is 5.63. The van der Waals surface area contributed by atoms with Crippen LogP contribution in [-0.4, -0.2) is 20.2 Å². The lowest BCUT2D eigenvalue weighted by atomic mass is 10.1. The zero-order valence-electron chi connectivity index (χ0n) is 11.2. The van der Waals surface area contributed by atoms with Crippen LogP contribution in [0.25, 0.3) is 0 Å². The van der Waals surface area contributed by atoms with Gasteiger partial charge < -0.3 is 20.6 Å². The Morgan fingerprint density at radius 3 is 2.52 bits per heavy atom. The molecule has 0 radical (unpaired) electrons. The number of phenolic OH excluding ortho intramolecular Hbond substituents is 3. The van der Waals surface area contributed by atoms with Gasteiger partial charge in [0.05, 0.1) is 4.92 Å². The van der Waals surface area contributed by atoms with Gasteiger partial charge in [-0.2, -0.15) is 0 Å². The summed E-state index contributed by atoms with van der Waals surface area (Å²) in [5.41, 5.74) is 1.30. The number of nitrogens with one attached hydrogen (secondary N) is 1. The molecule has 0 bridgehead atoms. The highest BCUT2D eigenvalue weighted by Gasteiger charge is 2.15. The van der Waals surface area contributed by atoms with Crippen LogP contribution in [0.3, 0.4) is 0 Å². The van der Waals surface area contributed by atoms with Crippen molar-refractivity contribution in [3.05, 3.63) is 51.6 Å². The van der Waals surface area contributed by atoms with Crippen LogP contribution in [-0.2, 0) is 6.54 Å². The third-order valence-corrected chi connectivity index (χ3v) is 3.03. The molecule has 0 aliphatic heterocycles. The van der Waals surface area contributed by atoms with Crippen molar-refractivity contribution >= 4 is 11.4 Å². The summed E-state index contributed by atoms with van der Waals surface area (Å²) in [6, 6.07) is 7.39. The van der Waals surface area contributed by atoms with Gasteiger partial charge in [-0.15, -0.1) is 0 Å². The molecule has 2 aromatic rings. The highest BCUT2D eigenvalue weighted by atomic mass is 16.6. The average Bonchev–Trinajstić information content (AvgIpc) is 2.45. The maximum atomic E-state index is 11.0. The molecule has 0 unspecified atom stereocenters. The fourth-order valence-corrected chi connectivity index (χ4v) is 1.89. The molecule has 0 aromatic heterocycles. The van der Waals surface area contributed by atoms with E-state index in [0.29, 0.717) is 11.3 Å². The molecule has 0 aliphatic carbocycles. The van der Waals surface area contributed by atoms with Crippen molar-refractivity contribution < 1.29 is 20.2 Å². The van der Waals surface area contributed by atoms with Crippen LogP contribution in [0.4, 0.5) is 11.4 Å². The van der Waals surface area contributed by atoms with Gasteiger partial charge in [-0.05, 0) is 30.7 Å². The van der Waals surface area contributed by atoms with E-state index >= 15 is 0 Å². The van der Waals surface area contributed by atoms with Crippen molar-refractivity contribution in [2.45, 2.75) is 13.5 Å². The van der Waals surface area contributed by atoms with Crippen LogP contribution in [0.2, 0.25) is 0 Å². The summed E-state index contributed by atoms with van der Waals surface area (Å²) in [5, 5.41) is 42.2. The molecule has 7 heteroatoms. The van der Waals surface area contributed by atoms with E-state index in [4.69, 9.17) is 0 Å². The number of rotatable bonds is 4. The van der Waals surface area contributed by atoms with Crippen molar-refractivity contribution in [2.75, 3.05) is 5.32 Å². The number of hydrogen-bond donors (Lipinski definition) is 4. The molecule has 21 heavy (non-hydrogen) atoms. The Labute approximate surface area is 120 Å². The minimum atomic E-state index is -0.618. The van der Waals surface area contributed by atoms with E-state index in [1.165, 1.54) is 18.2 Å². The van der Waals surface area contributed by atoms with Gasteiger partial charge in [-0.1, -0.05) is 6.07 Å². The molecule has 110 valence electrons. The summed E-state index contributed by atoms with van der Waals surface area (Å²) in [7, 11) is 0. The van der Waals surface area contributed by atoms with Crippen LogP contribution in [0.1, 0.15) is 11.1 Å². The topological polar surface area (TPSA) is 116 Å². The Morgan fingerprint density at radius 1 is 1.14 bits per heavy atom. The Kier molecular flexibility index (Phi) is 3.84. The van der Waals surface area contributed by atoms with Gasteiger partial charge >= 0.3 is 0 Å². The average molecular weight is 290 g/mol. The van der Waals surface area contributed by atoms with Gasteiger partial charge in [0.1, 0.15) is 5.69 Å². The predicted octanol–water partition coefficient (Wildman–Crippen LogP) is 2.63. The number of hydrogen-bond acceptors (Lipinski definition) is 6. The van der Waals surface area contributed by atoms with E-state index in [9.17, 15) is 25.4 Å². The second kappa shape index (κ2) is 5.58. The molecule has 0 spiro atoms. The summed E-state index contributed by atoms with van der Waals surface area (Å²) in [4.78, 5) is 10.5. The van der Waals surface area contributed by atoms with Crippen molar-refractivity contribution in [1.82, 2.24) is 0 Å². The predicted molar refractivity (Wildman–Crippen MR) is 76.6 cm³/mol. The fourth-order valence-electron chi connectivity index (χ4n) is 1.89. The molecule has 0 saturated heterocycles. The zero-order valence-corrected chi connectivity index (χ0v) is 11.2. The molecular weight excluding hydrogens is 276 g/mol. The quantitative estimate of drug-likeness (QED) is 0.391. The van der Waals surface area contributed by atoms with Crippen LogP contribution in [0, 0.1) is 17.0 Å². The van der Waals surface area contributed by atoms with Gasteiger partial charge in [0.25, 0.3) is 5.69 Å². The first kappa shape index (κ1) is 14.4. The number of nitro benzene ring substituents is 1. The summed E-state index contributed by atoms with van der Waals surface area (Å²) >= 11 is 0. The lowest BCUT2D eigenvalue weighted by molar-refractivity contribution is -0.384. The Hall–Kier alpha value is -2.96. The lowest BCUT2D eigenvalue weighted by Crippen LogP contribution is -2.03. The van der Waals surface area contributed by atoms with E-state index in [-0.39, 0.29) is 12.2 Å². The molecule has 0 fully saturated rings. The van der Waals surface area contributed by atoms with Gasteiger partial charge in [0.2, 0.25) is 5.75 Å². The molecule has 2 rings (SSSR count). The number of aryl methyl sites for hydroxylation is 1. The smallest absolute Gasteiger partial charge is 0.292 e. The number of anilines is 1. The second-order valence-corrected chi connectivity index (χ2v) is 4.57. The molecule has 0 saturated carbocycles. The third kappa shape index (κ3) is 2.97. The van der Waals surface area contributed by atoms with E-state index in [0.717, 1.165) is 5.56 Å². The van der Waals surface area contributed by atoms with Crippen molar-refractivity contribution in [3.63, 3.8) is 0 Å². The van der Waals surface area contributed by atoms with E-state index in [1.807, 2.05) is 0 Å².